The number of alkyl halides is 2. The van der Waals surface area contributed by atoms with E-state index >= 15 is 0 Å². The first-order valence-electron chi connectivity index (χ1n) is 4.04. The van der Waals surface area contributed by atoms with E-state index in [4.69, 9.17) is 0 Å². The molecular formula is C9H18F2. The summed E-state index contributed by atoms with van der Waals surface area (Å²) in [5.41, 5.74) is -0.905. The van der Waals surface area contributed by atoms with Crippen LogP contribution in [0.3, 0.4) is 0 Å². The summed E-state index contributed by atoms with van der Waals surface area (Å²) in [6.07, 6.45) is -0.0174. The van der Waals surface area contributed by atoms with E-state index in [0.29, 0.717) is 0 Å². The van der Waals surface area contributed by atoms with Crippen molar-refractivity contribution in [1.29, 1.82) is 0 Å². The van der Waals surface area contributed by atoms with Crippen LogP contribution >= 0.6 is 0 Å². The Hall–Kier alpha value is -0.140. The van der Waals surface area contributed by atoms with Gasteiger partial charge in [-0.1, -0.05) is 34.6 Å². The molecule has 0 saturated carbocycles. The smallest absolute Gasteiger partial charge is 0.206 e. The van der Waals surface area contributed by atoms with Crippen molar-refractivity contribution in [2.45, 2.75) is 47.0 Å². The van der Waals surface area contributed by atoms with E-state index in [1.807, 2.05) is 13.8 Å². The third kappa shape index (κ3) is 3.17. The lowest BCUT2D eigenvalue weighted by Gasteiger charge is -2.31. The lowest BCUT2D eigenvalue weighted by atomic mass is 9.83. The lowest BCUT2D eigenvalue weighted by molar-refractivity contribution is -0.110. The minimum absolute atomic E-state index is 0.0174. The molecule has 0 spiro atoms. The Bertz CT molecular complexity index is 120. The zero-order chi connectivity index (χ0) is 9.28. The van der Waals surface area contributed by atoms with Crippen LogP contribution in [-0.2, 0) is 0 Å². The normalized spacial score (nSPS) is 14.2. The summed E-state index contributed by atoms with van der Waals surface area (Å²) in [5, 5.41) is 0. The van der Waals surface area contributed by atoms with E-state index in [-0.39, 0.29) is 12.3 Å². The van der Waals surface area contributed by atoms with Crippen molar-refractivity contribution in [3.63, 3.8) is 0 Å². The topological polar surface area (TPSA) is 0 Å². The van der Waals surface area contributed by atoms with E-state index in [2.05, 4.69) is 0 Å². The van der Waals surface area contributed by atoms with Crippen LogP contribution in [0.15, 0.2) is 0 Å². The molecule has 0 bridgehead atoms. The average Bonchev–Trinajstić information content (AvgIpc) is 1.56. The lowest BCUT2D eigenvalue weighted by Crippen LogP contribution is -2.35. The molecule has 0 fully saturated rings. The van der Waals surface area contributed by atoms with Crippen molar-refractivity contribution in [3.05, 3.63) is 0 Å². The molecule has 0 aromatic rings. The molecule has 0 radical (unpaired) electrons. The van der Waals surface area contributed by atoms with Gasteiger partial charge in [-0.25, -0.2) is 8.78 Å². The molecule has 0 aromatic heterocycles. The predicted octanol–water partition coefficient (Wildman–Crippen LogP) is 3.71. The van der Waals surface area contributed by atoms with Crippen LogP contribution in [0.25, 0.3) is 0 Å². The molecule has 0 atom stereocenters. The van der Waals surface area contributed by atoms with E-state index < -0.39 is 11.3 Å². The van der Waals surface area contributed by atoms with Crippen LogP contribution in [0.5, 0.6) is 0 Å². The molecule has 0 saturated heterocycles. The van der Waals surface area contributed by atoms with Crippen molar-refractivity contribution in [2.24, 2.45) is 11.3 Å². The van der Waals surface area contributed by atoms with Crippen LogP contribution in [0.1, 0.15) is 41.0 Å². The van der Waals surface area contributed by atoms with Gasteiger partial charge < -0.3 is 0 Å². The number of halogens is 2. The van der Waals surface area contributed by atoms with Gasteiger partial charge in [0.05, 0.1) is 0 Å². The maximum absolute atomic E-state index is 13.2. The Morgan fingerprint density at radius 3 is 1.55 bits per heavy atom. The first-order valence-corrected chi connectivity index (χ1v) is 4.04. The maximum atomic E-state index is 13.2. The van der Waals surface area contributed by atoms with Gasteiger partial charge in [-0.3, -0.25) is 0 Å². The summed E-state index contributed by atoms with van der Waals surface area (Å²) in [4.78, 5) is 0. The van der Waals surface area contributed by atoms with Gasteiger partial charge in [0.25, 0.3) is 5.92 Å². The van der Waals surface area contributed by atoms with Gasteiger partial charge in [0, 0.05) is 11.8 Å². The summed E-state index contributed by atoms with van der Waals surface area (Å²) in [6, 6.07) is 0. The van der Waals surface area contributed by atoms with E-state index in [9.17, 15) is 8.78 Å². The van der Waals surface area contributed by atoms with Crippen molar-refractivity contribution in [3.8, 4) is 0 Å². The average molecular weight is 164 g/mol. The molecule has 68 valence electrons. The molecule has 0 aliphatic rings. The molecule has 0 nitrogen and oxygen atoms in total. The Morgan fingerprint density at radius 1 is 1.09 bits per heavy atom. The van der Waals surface area contributed by atoms with Crippen molar-refractivity contribution >= 4 is 0 Å². The zero-order valence-corrected chi connectivity index (χ0v) is 8.04. The summed E-state index contributed by atoms with van der Waals surface area (Å²) in [7, 11) is 0. The fraction of sp³-hybridized carbons (Fsp3) is 1.00. The van der Waals surface area contributed by atoms with Gasteiger partial charge in [0.15, 0.2) is 0 Å². The highest BCUT2D eigenvalue weighted by Crippen LogP contribution is 2.40. The van der Waals surface area contributed by atoms with E-state index in [1.54, 1.807) is 20.8 Å². The maximum Gasteiger partial charge on any atom is 0.253 e. The summed E-state index contributed by atoms with van der Waals surface area (Å²) in [6.45, 7) is 8.37. The van der Waals surface area contributed by atoms with Crippen LogP contribution < -0.4 is 0 Å². The Balaban J connectivity index is 4.22. The largest absolute Gasteiger partial charge is 0.253 e. The van der Waals surface area contributed by atoms with Gasteiger partial charge in [-0.15, -0.1) is 0 Å². The molecule has 11 heavy (non-hydrogen) atoms. The Labute approximate surface area is 68.0 Å². The van der Waals surface area contributed by atoms with Gasteiger partial charge in [0.2, 0.25) is 0 Å². The Kier molecular flexibility index (Phi) is 3.04. The second-order valence-electron chi connectivity index (χ2n) is 4.55. The van der Waals surface area contributed by atoms with Gasteiger partial charge >= 0.3 is 0 Å². The van der Waals surface area contributed by atoms with Crippen LogP contribution in [0.2, 0.25) is 0 Å². The van der Waals surface area contributed by atoms with Crippen LogP contribution in [0.4, 0.5) is 8.78 Å². The molecule has 0 unspecified atom stereocenters. The minimum atomic E-state index is -2.54. The second kappa shape index (κ2) is 3.08. The Morgan fingerprint density at radius 2 is 1.45 bits per heavy atom. The van der Waals surface area contributed by atoms with Crippen molar-refractivity contribution < 1.29 is 8.78 Å². The fourth-order valence-corrected chi connectivity index (χ4v) is 0.819. The van der Waals surface area contributed by atoms with Crippen molar-refractivity contribution in [1.82, 2.24) is 0 Å². The molecular weight excluding hydrogens is 146 g/mol. The first kappa shape index (κ1) is 10.9. The van der Waals surface area contributed by atoms with Crippen LogP contribution in [-0.4, -0.2) is 5.92 Å². The monoisotopic (exact) mass is 164 g/mol. The zero-order valence-electron chi connectivity index (χ0n) is 8.04. The standard InChI is InChI=1S/C9H18F2/c1-7(2)6-9(10,11)8(3,4)5/h7H,6H2,1-5H3. The number of hydrogen-bond acceptors (Lipinski definition) is 0. The highest BCUT2D eigenvalue weighted by atomic mass is 19.3. The van der Waals surface area contributed by atoms with Gasteiger partial charge in [0.1, 0.15) is 0 Å². The molecule has 0 aromatic carbocycles. The third-order valence-corrected chi connectivity index (χ3v) is 1.76. The molecule has 2 heteroatoms. The molecule has 0 amide bonds. The quantitative estimate of drug-likeness (QED) is 0.583. The highest BCUT2D eigenvalue weighted by molar-refractivity contribution is 4.81. The second-order valence-corrected chi connectivity index (χ2v) is 4.55. The first-order chi connectivity index (χ1) is 4.67. The SMILES string of the molecule is CC(C)CC(F)(F)C(C)(C)C. The number of rotatable bonds is 2. The predicted molar refractivity (Wildman–Crippen MR) is 43.9 cm³/mol. The third-order valence-electron chi connectivity index (χ3n) is 1.76. The molecule has 0 aliphatic carbocycles. The summed E-state index contributed by atoms with van der Waals surface area (Å²) >= 11 is 0. The van der Waals surface area contributed by atoms with Crippen LogP contribution in [0, 0.1) is 11.3 Å². The van der Waals surface area contributed by atoms with Gasteiger partial charge in [-0.05, 0) is 5.92 Å². The molecule has 0 rings (SSSR count). The summed E-state index contributed by atoms with van der Waals surface area (Å²) < 4.78 is 26.4. The highest BCUT2D eigenvalue weighted by Gasteiger charge is 2.42. The molecule has 0 N–H and O–H groups in total. The fourth-order valence-electron chi connectivity index (χ4n) is 0.819. The van der Waals surface area contributed by atoms with Gasteiger partial charge in [-0.2, -0.15) is 0 Å². The van der Waals surface area contributed by atoms with E-state index in [1.165, 1.54) is 0 Å². The minimum Gasteiger partial charge on any atom is -0.206 e. The van der Waals surface area contributed by atoms with Crippen molar-refractivity contribution in [2.75, 3.05) is 0 Å². The molecule has 0 heterocycles. The number of hydrogen-bond donors (Lipinski definition) is 0. The summed E-state index contributed by atoms with van der Waals surface area (Å²) in [5.74, 6) is -2.48. The van der Waals surface area contributed by atoms with E-state index in [0.717, 1.165) is 0 Å². The molecule has 0 aliphatic heterocycles.